The quantitative estimate of drug-likeness (QED) is 0.740. The Bertz CT molecular complexity index is 801. The second kappa shape index (κ2) is 5.26. The Labute approximate surface area is 127 Å². The van der Waals surface area contributed by atoms with E-state index in [0.29, 0.717) is 20.9 Å². The van der Waals surface area contributed by atoms with Crippen LogP contribution in [0.25, 0.3) is 10.9 Å². The predicted molar refractivity (Wildman–Crippen MR) is 81.1 cm³/mol. The van der Waals surface area contributed by atoms with Crippen molar-refractivity contribution >= 4 is 50.0 Å². The van der Waals surface area contributed by atoms with Crippen LogP contribution in [0.5, 0.6) is 0 Å². The second-order valence-corrected chi connectivity index (χ2v) is 5.24. The van der Waals surface area contributed by atoms with E-state index in [4.69, 9.17) is 16.0 Å². The Balaban J connectivity index is 1.99. The van der Waals surface area contributed by atoms with Crippen molar-refractivity contribution in [2.75, 3.05) is 5.32 Å². The standard InChI is InChI=1S/C14H8BrClN2O2/c15-12-6-5-11(20-12)14(19)18-10-4-3-9(16)13-8(10)2-1-7-17-13/h1-7H,(H,18,19). The molecule has 0 bridgehead atoms. The lowest BCUT2D eigenvalue weighted by Crippen LogP contribution is -2.11. The number of pyridine rings is 1. The number of furan rings is 1. The fourth-order valence-corrected chi connectivity index (χ4v) is 2.39. The molecule has 0 fully saturated rings. The van der Waals surface area contributed by atoms with Gasteiger partial charge in [-0.1, -0.05) is 11.6 Å². The van der Waals surface area contributed by atoms with Gasteiger partial charge in [0.1, 0.15) is 0 Å². The Kier molecular flexibility index (Phi) is 3.46. The lowest BCUT2D eigenvalue weighted by atomic mass is 10.2. The average molecular weight is 352 g/mol. The Morgan fingerprint density at radius 3 is 2.85 bits per heavy atom. The summed E-state index contributed by atoms with van der Waals surface area (Å²) in [6.07, 6.45) is 1.66. The molecule has 0 atom stereocenters. The van der Waals surface area contributed by atoms with E-state index in [0.717, 1.165) is 5.39 Å². The Hall–Kier alpha value is -1.85. The molecule has 0 spiro atoms. The second-order valence-electron chi connectivity index (χ2n) is 4.05. The zero-order valence-corrected chi connectivity index (χ0v) is 12.4. The minimum Gasteiger partial charge on any atom is -0.444 e. The molecule has 2 heterocycles. The van der Waals surface area contributed by atoms with Gasteiger partial charge in [-0.2, -0.15) is 0 Å². The molecule has 6 heteroatoms. The van der Waals surface area contributed by atoms with Crippen LogP contribution in [0.3, 0.4) is 0 Å². The third-order valence-electron chi connectivity index (χ3n) is 2.77. The molecular weight excluding hydrogens is 344 g/mol. The topological polar surface area (TPSA) is 55.1 Å². The van der Waals surface area contributed by atoms with Crippen LogP contribution in [-0.4, -0.2) is 10.9 Å². The van der Waals surface area contributed by atoms with E-state index < -0.39 is 0 Å². The summed E-state index contributed by atoms with van der Waals surface area (Å²) in [5.74, 6) is -0.105. The molecule has 2 aromatic heterocycles. The zero-order valence-electron chi connectivity index (χ0n) is 10.1. The molecule has 1 aromatic carbocycles. The average Bonchev–Trinajstić information content (AvgIpc) is 2.89. The maximum atomic E-state index is 12.1. The summed E-state index contributed by atoms with van der Waals surface area (Å²) in [6, 6.07) is 10.3. The Morgan fingerprint density at radius 2 is 2.10 bits per heavy atom. The number of hydrogen-bond donors (Lipinski definition) is 1. The summed E-state index contributed by atoms with van der Waals surface area (Å²) in [7, 11) is 0. The van der Waals surface area contributed by atoms with Crippen molar-refractivity contribution in [1.29, 1.82) is 0 Å². The van der Waals surface area contributed by atoms with Crippen LogP contribution in [0.2, 0.25) is 5.02 Å². The number of amides is 1. The molecule has 4 nitrogen and oxygen atoms in total. The summed E-state index contributed by atoms with van der Waals surface area (Å²) in [4.78, 5) is 16.3. The van der Waals surface area contributed by atoms with Gasteiger partial charge in [0.05, 0.1) is 16.2 Å². The minimum absolute atomic E-state index is 0.226. The van der Waals surface area contributed by atoms with Crippen molar-refractivity contribution in [2.45, 2.75) is 0 Å². The fraction of sp³-hybridized carbons (Fsp3) is 0. The molecule has 100 valence electrons. The first-order valence-corrected chi connectivity index (χ1v) is 6.92. The van der Waals surface area contributed by atoms with E-state index in [1.807, 2.05) is 6.07 Å². The number of halogens is 2. The van der Waals surface area contributed by atoms with E-state index in [-0.39, 0.29) is 11.7 Å². The molecule has 1 N–H and O–H groups in total. The molecule has 1 amide bonds. The van der Waals surface area contributed by atoms with Crippen LogP contribution in [0.15, 0.2) is 51.7 Å². The summed E-state index contributed by atoms with van der Waals surface area (Å²) in [5.41, 5.74) is 1.28. The number of nitrogens with one attached hydrogen (secondary N) is 1. The first-order valence-electron chi connectivity index (χ1n) is 5.75. The van der Waals surface area contributed by atoms with Crippen LogP contribution < -0.4 is 5.32 Å². The molecular formula is C14H8BrClN2O2. The van der Waals surface area contributed by atoms with Crippen LogP contribution in [-0.2, 0) is 0 Å². The largest absolute Gasteiger partial charge is 0.444 e. The van der Waals surface area contributed by atoms with Crippen molar-refractivity contribution in [3.05, 3.63) is 58.0 Å². The third-order valence-corrected chi connectivity index (χ3v) is 3.50. The number of rotatable bonds is 2. The van der Waals surface area contributed by atoms with Gasteiger partial charge in [0.2, 0.25) is 0 Å². The van der Waals surface area contributed by atoms with Gasteiger partial charge in [-0.05, 0) is 52.3 Å². The molecule has 0 unspecified atom stereocenters. The lowest BCUT2D eigenvalue weighted by molar-refractivity contribution is 0.0995. The van der Waals surface area contributed by atoms with Crippen LogP contribution in [0.4, 0.5) is 5.69 Å². The van der Waals surface area contributed by atoms with Gasteiger partial charge >= 0.3 is 0 Å². The highest BCUT2D eigenvalue weighted by Crippen LogP contribution is 2.28. The number of aromatic nitrogens is 1. The number of hydrogen-bond acceptors (Lipinski definition) is 3. The summed E-state index contributed by atoms with van der Waals surface area (Å²) >= 11 is 9.25. The number of fused-ring (bicyclic) bond motifs is 1. The normalized spacial score (nSPS) is 10.7. The molecule has 0 saturated heterocycles. The highest BCUT2D eigenvalue weighted by atomic mass is 79.9. The first-order chi connectivity index (χ1) is 9.65. The van der Waals surface area contributed by atoms with Gasteiger partial charge < -0.3 is 9.73 Å². The van der Waals surface area contributed by atoms with E-state index in [2.05, 4.69) is 26.2 Å². The molecule has 0 radical (unpaired) electrons. The number of nitrogens with zero attached hydrogens (tertiary/aromatic N) is 1. The maximum Gasteiger partial charge on any atom is 0.291 e. The van der Waals surface area contributed by atoms with Gasteiger partial charge in [-0.3, -0.25) is 9.78 Å². The molecule has 0 aliphatic carbocycles. The van der Waals surface area contributed by atoms with E-state index in [9.17, 15) is 4.79 Å². The minimum atomic E-state index is -0.330. The van der Waals surface area contributed by atoms with Crippen LogP contribution in [0, 0.1) is 0 Å². The number of carbonyl (C=O) groups excluding carboxylic acids is 1. The van der Waals surface area contributed by atoms with Crippen LogP contribution in [0.1, 0.15) is 10.6 Å². The molecule has 0 aliphatic heterocycles. The molecule has 3 aromatic rings. The third kappa shape index (κ3) is 2.42. The summed E-state index contributed by atoms with van der Waals surface area (Å²) < 4.78 is 5.72. The van der Waals surface area contributed by atoms with Gasteiger partial charge in [-0.25, -0.2) is 0 Å². The van der Waals surface area contributed by atoms with Crippen molar-refractivity contribution in [3.63, 3.8) is 0 Å². The van der Waals surface area contributed by atoms with Crippen LogP contribution >= 0.6 is 27.5 Å². The SMILES string of the molecule is O=C(Nc1ccc(Cl)c2ncccc12)c1ccc(Br)o1. The van der Waals surface area contributed by atoms with Crippen molar-refractivity contribution in [3.8, 4) is 0 Å². The van der Waals surface area contributed by atoms with Crippen molar-refractivity contribution in [2.24, 2.45) is 0 Å². The fourth-order valence-electron chi connectivity index (χ4n) is 1.87. The predicted octanol–water partition coefficient (Wildman–Crippen LogP) is 4.50. The van der Waals surface area contributed by atoms with E-state index in [1.54, 1.807) is 36.5 Å². The summed E-state index contributed by atoms with van der Waals surface area (Å²) in [6.45, 7) is 0. The van der Waals surface area contributed by atoms with Gasteiger partial charge in [0.25, 0.3) is 5.91 Å². The zero-order chi connectivity index (χ0) is 14.1. The van der Waals surface area contributed by atoms with E-state index >= 15 is 0 Å². The van der Waals surface area contributed by atoms with Crippen molar-refractivity contribution < 1.29 is 9.21 Å². The highest BCUT2D eigenvalue weighted by molar-refractivity contribution is 9.10. The maximum absolute atomic E-state index is 12.1. The van der Waals surface area contributed by atoms with Crippen molar-refractivity contribution in [1.82, 2.24) is 4.98 Å². The number of anilines is 1. The Morgan fingerprint density at radius 1 is 1.25 bits per heavy atom. The first kappa shape index (κ1) is 13.1. The van der Waals surface area contributed by atoms with Gasteiger partial charge in [0.15, 0.2) is 10.4 Å². The molecule has 20 heavy (non-hydrogen) atoms. The number of carbonyl (C=O) groups is 1. The highest BCUT2D eigenvalue weighted by Gasteiger charge is 2.13. The molecule has 3 rings (SSSR count). The number of benzene rings is 1. The van der Waals surface area contributed by atoms with Gasteiger partial charge in [-0.15, -0.1) is 0 Å². The lowest BCUT2D eigenvalue weighted by Gasteiger charge is -2.08. The molecule has 0 saturated carbocycles. The van der Waals surface area contributed by atoms with E-state index in [1.165, 1.54) is 0 Å². The molecule has 0 aliphatic rings. The monoisotopic (exact) mass is 350 g/mol. The smallest absolute Gasteiger partial charge is 0.291 e. The summed E-state index contributed by atoms with van der Waals surface area (Å²) in [5, 5.41) is 4.11. The van der Waals surface area contributed by atoms with Gasteiger partial charge in [0, 0.05) is 11.6 Å².